The first-order valence-electron chi connectivity index (χ1n) is 7.92. The van der Waals surface area contributed by atoms with E-state index in [1.807, 2.05) is 6.07 Å². The van der Waals surface area contributed by atoms with Crippen LogP contribution in [0.15, 0.2) is 18.2 Å². The maximum atomic E-state index is 14.2. The lowest BCUT2D eigenvalue weighted by molar-refractivity contribution is -0.0511. The standard InChI is InChI=1S/C17H23ClFNO2/c1-22-15-11-13(18)3-4-14(15)17(21)7-9-20(10-8-17)12-16(19)5-2-6-16/h3-4,11,21H,2,5-10,12H2,1H3. The van der Waals surface area contributed by atoms with Crippen LogP contribution < -0.4 is 4.74 Å². The maximum absolute atomic E-state index is 14.2. The number of aliphatic hydroxyl groups is 1. The summed E-state index contributed by atoms with van der Waals surface area (Å²) in [5.74, 6) is 0.615. The van der Waals surface area contributed by atoms with E-state index in [1.165, 1.54) is 0 Å². The minimum absolute atomic E-state index is 0.501. The normalized spacial score (nSPS) is 23.8. The fourth-order valence-electron chi connectivity index (χ4n) is 3.52. The molecule has 2 aliphatic rings. The Morgan fingerprint density at radius 3 is 2.50 bits per heavy atom. The molecule has 122 valence electrons. The van der Waals surface area contributed by atoms with E-state index in [9.17, 15) is 9.50 Å². The van der Waals surface area contributed by atoms with Crippen molar-refractivity contribution in [1.82, 2.24) is 4.90 Å². The lowest BCUT2D eigenvalue weighted by atomic mass is 9.80. The van der Waals surface area contributed by atoms with Crippen LogP contribution in [0.2, 0.25) is 5.02 Å². The van der Waals surface area contributed by atoms with Crippen molar-refractivity contribution in [1.29, 1.82) is 0 Å². The molecule has 1 aliphatic carbocycles. The summed E-state index contributed by atoms with van der Waals surface area (Å²) in [6.45, 7) is 1.91. The van der Waals surface area contributed by atoms with E-state index in [-0.39, 0.29) is 0 Å². The summed E-state index contributed by atoms with van der Waals surface area (Å²) < 4.78 is 19.6. The third-order valence-corrected chi connectivity index (χ3v) is 5.34. The van der Waals surface area contributed by atoms with Crippen LogP contribution >= 0.6 is 11.6 Å². The molecule has 0 radical (unpaired) electrons. The molecular formula is C17H23ClFNO2. The Kier molecular flexibility index (Phi) is 4.36. The number of hydrogen-bond acceptors (Lipinski definition) is 3. The van der Waals surface area contributed by atoms with Crippen LogP contribution in [0.4, 0.5) is 4.39 Å². The molecule has 22 heavy (non-hydrogen) atoms. The second kappa shape index (κ2) is 5.99. The molecule has 0 amide bonds. The Hall–Kier alpha value is -0.840. The Balaban J connectivity index is 1.68. The van der Waals surface area contributed by atoms with Crippen LogP contribution in [0, 0.1) is 0 Å². The van der Waals surface area contributed by atoms with Gasteiger partial charge in [0.2, 0.25) is 0 Å². The summed E-state index contributed by atoms with van der Waals surface area (Å²) in [5, 5.41) is 11.6. The van der Waals surface area contributed by atoms with Gasteiger partial charge in [0.15, 0.2) is 0 Å². The van der Waals surface area contributed by atoms with Crippen molar-refractivity contribution in [3.05, 3.63) is 28.8 Å². The highest BCUT2D eigenvalue weighted by Gasteiger charge is 2.42. The molecular weight excluding hydrogens is 305 g/mol. The predicted octanol–water partition coefficient (Wildman–Crippen LogP) is 3.52. The fraction of sp³-hybridized carbons (Fsp3) is 0.647. The number of likely N-dealkylation sites (tertiary alicyclic amines) is 1. The molecule has 1 N–H and O–H groups in total. The summed E-state index contributed by atoms with van der Waals surface area (Å²) in [6, 6.07) is 5.33. The van der Waals surface area contributed by atoms with E-state index < -0.39 is 11.3 Å². The van der Waals surface area contributed by atoms with Gasteiger partial charge in [0, 0.05) is 30.2 Å². The molecule has 0 aromatic heterocycles. The van der Waals surface area contributed by atoms with Gasteiger partial charge in [-0.1, -0.05) is 17.7 Å². The smallest absolute Gasteiger partial charge is 0.126 e. The monoisotopic (exact) mass is 327 g/mol. The topological polar surface area (TPSA) is 32.7 Å². The van der Waals surface area contributed by atoms with Crippen molar-refractivity contribution >= 4 is 11.6 Å². The number of hydrogen-bond donors (Lipinski definition) is 1. The largest absolute Gasteiger partial charge is 0.496 e. The van der Waals surface area contributed by atoms with Gasteiger partial charge < -0.3 is 9.84 Å². The first-order chi connectivity index (χ1) is 10.4. The highest BCUT2D eigenvalue weighted by Crippen LogP contribution is 2.41. The molecule has 3 rings (SSSR count). The number of ether oxygens (including phenoxy) is 1. The summed E-state index contributed by atoms with van der Waals surface area (Å²) in [5.41, 5.74) is -1.14. The van der Waals surface area contributed by atoms with Crippen molar-refractivity contribution < 1.29 is 14.2 Å². The predicted molar refractivity (Wildman–Crippen MR) is 85.3 cm³/mol. The van der Waals surface area contributed by atoms with E-state index in [0.29, 0.717) is 56.1 Å². The lowest BCUT2D eigenvalue weighted by Gasteiger charge is -2.43. The minimum atomic E-state index is -0.993. The molecule has 1 aliphatic heterocycles. The van der Waals surface area contributed by atoms with Gasteiger partial charge in [0.05, 0.1) is 12.7 Å². The van der Waals surface area contributed by atoms with Crippen molar-refractivity contribution in [3.8, 4) is 5.75 Å². The second-order valence-electron chi connectivity index (χ2n) is 6.66. The first kappa shape index (κ1) is 16.0. The van der Waals surface area contributed by atoms with Crippen LogP contribution in [0.25, 0.3) is 0 Å². The molecule has 1 aromatic carbocycles. The average Bonchev–Trinajstić information content (AvgIpc) is 2.48. The highest BCUT2D eigenvalue weighted by molar-refractivity contribution is 6.30. The average molecular weight is 328 g/mol. The third-order valence-electron chi connectivity index (χ3n) is 5.10. The Bertz CT molecular complexity index is 539. The Morgan fingerprint density at radius 1 is 1.27 bits per heavy atom. The van der Waals surface area contributed by atoms with Gasteiger partial charge in [-0.15, -0.1) is 0 Å². The van der Waals surface area contributed by atoms with Gasteiger partial charge in [-0.25, -0.2) is 4.39 Å². The molecule has 5 heteroatoms. The van der Waals surface area contributed by atoms with Crippen LogP contribution in [-0.2, 0) is 5.60 Å². The van der Waals surface area contributed by atoms with Crippen LogP contribution in [-0.4, -0.2) is 42.4 Å². The van der Waals surface area contributed by atoms with E-state index in [4.69, 9.17) is 16.3 Å². The quantitative estimate of drug-likeness (QED) is 0.918. The second-order valence-corrected chi connectivity index (χ2v) is 7.09. The molecule has 1 heterocycles. The van der Waals surface area contributed by atoms with Crippen molar-refractivity contribution in [2.24, 2.45) is 0 Å². The summed E-state index contributed by atoms with van der Waals surface area (Å²) in [6.07, 6.45) is 3.52. The lowest BCUT2D eigenvalue weighted by Crippen LogP contribution is -2.50. The van der Waals surface area contributed by atoms with Crippen LogP contribution in [0.5, 0.6) is 5.75 Å². The number of methoxy groups -OCH3 is 1. The van der Waals surface area contributed by atoms with Gasteiger partial charge in [-0.3, -0.25) is 4.90 Å². The SMILES string of the molecule is COc1cc(Cl)ccc1C1(O)CCN(CC2(F)CCC2)CC1. The number of halogens is 2. The van der Waals surface area contributed by atoms with E-state index in [0.717, 1.165) is 12.0 Å². The molecule has 3 nitrogen and oxygen atoms in total. The van der Waals surface area contributed by atoms with Gasteiger partial charge >= 0.3 is 0 Å². The number of rotatable bonds is 4. The number of benzene rings is 1. The third kappa shape index (κ3) is 3.10. The van der Waals surface area contributed by atoms with Crippen molar-refractivity contribution in [2.45, 2.75) is 43.4 Å². The van der Waals surface area contributed by atoms with Crippen molar-refractivity contribution in [3.63, 3.8) is 0 Å². The molecule has 0 unspecified atom stereocenters. The molecule has 2 fully saturated rings. The number of nitrogens with zero attached hydrogens (tertiary/aromatic N) is 1. The Morgan fingerprint density at radius 2 is 1.95 bits per heavy atom. The zero-order valence-electron chi connectivity index (χ0n) is 12.9. The molecule has 1 aromatic rings. The minimum Gasteiger partial charge on any atom is -0.496 e. The fourth-order valence-corrected chi connectivity index (χ4v) is 3.68. The molecule has 0 spiro atoms. The summed E-state index contributed by atoms with van der Waals surface area (Å²) >= 11 is 5.99. The zero-order chi connectivity index (χ0) is 15.8. The Labute approximate surface area is 136 Å². The van der Waals surface area contributed by atoms with Crippen LogP contribution in [0.3, 0.4) is 0 Å². The summed E-state index contributed by atoms with van der Waals surface area (Å²) in [4.78, 5) is 2.13. The first-order valence-corrected chi connectivity index (χ1v) is 8.30. The van der Waals surface area contributed by atoms with E-state index >= 15 is 0 Å². The molecule has 1 saturated carbocycles. The van der Waals surface area contributed by atoms with Gasteiger partial charge in [0.1, 0.15) is 11.4 Å². The van der Waals surface area contributed by atoms with Crippen LogP contribution in [0.1, 0.15) is 37.7 Å². The summed E-state index contributed by atoms with van der Waals surface area (Å²) in [7, 11) is 1.58. The number of piperidine rings is 1. The zero-order valence-corrected chi connectivity index (χ0v) is 13.7. The van der Waals surface area contributed by atoms with Gasteiger partial charge in [0.25, 0.3) is 0 Å². The van der Waals surface area contributed by atoms with Crippen molar-refractivity contribution in [2.75, 3.05) is 26.7 Å². The molecule has 0 bridgehead atoms. The van der Waals surface area contributed by atoms with Gasteiger partial charge in [-0.05, 0) is 44.2 Å². The van der Waals surface area contributed by atoms with Gasteiger partial charge in [-0.2, -0.15) is 0 Å². The maximum Gasteiger partial charge on any atom is 0.126 e. The van der Waals surface area contributed by atoms with E-state index in [2.05, 4.69) is 4.90 Å². The van der Waals surface area contributed by atoms with E-state index in [1.54, 1.807) is 19.2 Å². The molecule has 1 saturated heterocycles. The highest BCUT2D eigenvalue weighted by atomic mass is 35.5. The number of alkyl halides is 1. The molecule has 0 atom stereocenters.